The van der Waals surface area contributed by atoms with Gasteiger partial charge in [-0.25, -0.2) is 15.0 Å². The molecule has 3 rings (SSSR count). The number of aromatic nitrogens is 4. The fourth-order valence-corrected chi connectivity index (χ4v) is 2.72. The van der Waals surface area contributed by atoms with Crippen LogP contribution in [0.15, 0.2) is 30.9 Å². The molecule has 0 aromatic carbocycles. The van der Waals surface area contributed by atoms with Gasteiger partial charge in [0, 0.05) is 38.7 Å². The Labute approximate surface area is 134 Å². The normalized spacial score (nSPS) is 20.5. The van der Waals surface area contributed by atoms with Gasteiger partial charge in [0.25, 0.3) is 0 Å². The zero-order chi connectivity index (χ0) is 16.1. The molecule has 0 unspecified atom stereocenters. The fourth-order valence-electron chi connectivity index (χ4n) is 2.72. The van der Waals surface area contributed by atoms with E-state index >= 15 is 0 Å². The first-order valence-electron chi connectivity index (χ1n) is 7.46. The van der Waals surface area contributed by atoms with E-state index in [2.05, 4.69) is 30.2 Å². The zero-order valence-corrected chi connectivity index (χ0v) is 13.2. The van der Waals surface area contributed by atoms with Gasteiger partial charge in [-0.15, -0.1) is 0 Å². The van der Waals surface area contributed by atoms with Crippen molar-refractivity contribution in [3.05, 3.63) is 30.9 Å². The lowest BCUT2D eigenvalue weighted by molar-refractivity contribution is 0.118. The van der Waals surface area contributed by atoms with Gasteiger partial charge in [-0.3, -0.25) is 0 Å². The van der Waals surface area contributed by atoms with Crippen molar-refractivity contribution >= 4 is 11.8 Å². The number of hydrogen-bond donors (Lipinski definition) is 1. The molecule has 122 valence electrons. The van der Waals surface area contributed by atoms with Gasteiger partial charge in [0.2, 0.25) is 11.8 Å². The maximum absolute atomic E-state index is 5.52. The molecule has 1 N–H and O–H groups in total. The monoisotopic (exact) mass is 316 g/mol. The summed E-state index contributed by atoms with van der Waals surface area (Å²) in [5.74, 6) is 1.99. The molecule has 1 aliphatic rings. The van der Waals surface area contributed by atoms with E-state index in [1.807, 2.05) is 6.07 Å². The van der Waals surface area contributed by atoms with Crippen molar-refractivity contribution in [1.82, 2.24) is 19.9 Å². The molecule has 0 spiro atoms. The van der Waals surface area contributed by atoms with Crippen LogP contribution in [0.5, 0.6) is 5.88 Å². The first kappa shape index (κ1) is 15.4. The van der Waals surface area contributed by atoms with Crippen LogP contribution in [0.1, 0.15) is 6.42 Å². The van der Waals surface area contributed by atoms with E-state index in [-0.39, 0.29) is 12.1 Å². The van der Waals surface area contributed by atoms with Crippen LogP contribution in [0, 0.1) is 0 Å². The molecule has 0 aliphatic carbocycles. The van der Waals surface area contributed by atoms with Crippen molar-refractivity contribution in [3.63, 3.8) is 0 Å². The first-order chi connectivity index (χ1) is 11.3. The molecule has 0 radical (unpaired) electrons. The van der Waals surface area contributed by atoms with Crippen LogP contribution in [0.2, 0.25) is 0 Å². The highest BCUT2D eigenvalue weighted by molar-refractivity contribution is 5.41. The Morgan fingerprint density at radius 1 is 1.26 bits per heavy atom. The molecule has 1 fully saturated rings. The van der Waals surface area contributed by atoms with Crippen LogP contribution in [-0.4, -0.2) is 59.4 Å². The Bertz CT molecular complexity index is 626. The van der Waals surface area contributed by atoms with Gasteiger partial charge in [0.1, 0.15) is 12.1 Å². The molecule has 0 amide bonds. The predicted molar refractivity (Wildman–Crippen MR) is 85.7 cm³/mol. The van der Waals surface area contributed by atoms with Crippen molar-refractivity contribution < 1.29 is 9.47 Å². The van der Waals surface area contributed by atoms with E-state index in [9.17, 15) is 0 Å². The molecular formula is C15H20N6O2. The quantitative estimate of drug-likeness (QED) is 0.844. The summed E-state index contributed by atoms with van der Waals surface area (Å²) in [7, 11) is 3.33. The van der Waals surface area contributed by atoms with Crippen molar-refractivity contribution in [2.24, 2.45) is 0 Å². The topological polar surface area (TPSA) is 85.3 Å². The van der Waals surface area contributed by atoms with E-state index in [1.165, 1.54) is 0 Å². The molecule has 1 saturated heterocycles. The van der Waals surface area contributed by atoms with Crippen LogP contribution in [0.3, 0.4) is 0 Å². The summed E-state index contributed by atoms with van der Waals surface area (Å²) < 4.78 is 10.6. The minimum absolute atomic E-state index is 0.183. The predicted octanol–water partition coefficient (Wildman–Crippen LogP) is 0.981. The summed E-state index contributed by atoms with van der Waals surface area (Å²) >= 11 is 0. The Hall–Kier alpha value is -2.48. The molecule has 3 heterocycles. The van der Waals surface area contributed by atoms with Crippen LogP contribution in [-0.2, 0) is 4.74 Å². The SMILES string of the molecule is COc1ccnc(NC[C@H]2C[C@@H](OC)CN2c2ccncn2)n1. The summed E-state index contributed by atoms with van der Waals surface area (Å²) in [6.45, 7) is 1.50. The average Bonchev–Trinajstić information content (AvgIpc) is 3.04. The zero-order valence-electron chi connectivity index (χ0n) is 13.2. The second kappa shape index (κ2) is 7.19. The van der Waals surface area contributed by atoms with Crippen molar-refractivity contribution in [1.29, 1.82) is 0 Å². The lowest BCUT2D eigenvalue weighted by atomic mass is 10.2. The molecule has 2 aromatic rings. The molecule has 2 aromatic heterocycles. The minimum Gasteiger partial charge on any atom is -0.481 e. The van der Waals surface area contributed by atoms with E-state index < -0.39 is 0 Å². The third-order valence-corrected chi connectivity index (χ3v) is 3.90. The summed E-state index contributed by atoms with van der Waals surface area (Å²) in [5.41, 5.74) is 0. The van der Waals surface area contributed by atoms with Crippen LogP contribution in [0.25, 0.3) is 0 Å². The lowest BCUT2D eigenvalue weighted by Crippen LogP contribution is -2.35. The van der Waals surface area contributed by atoms with Crippen LogP contribution in [0.4, 0.5) is 11.8 Å². The van der Waals surface area contributed by atoms with Crippen LogP contribution < -0.4 is 15.0 Å². The summed E-state index contributed by atoms with van der Waals surface area (Å²) in [6.07, 6.45) is 6.08. The highest BCUT2D eigenvalue weighted by atomic mass is 16.5. The van der Waals surface area contributed by atoms with E-state index in [4.69, 9.17) is 9.47 Å². The van der Waals surface area contributed by atoms with Gasteiger partial charge in [-0.1, -0.05) is 0 Å². The van der Waals surface area contributed by atoms with Gasteiger partial charge in [0.05, 0.1) is 19.3 Å². The Morgan fingerprint density at radius 3 is 2.91 bits per heavy atom. The summed E-state index contributed by atoms with van der Waals surface area (Å²) in [6, 6.07) is 3.87. The largest absolute Gasteiger partial charge is 0.481 e. The molecule has 23 heavy (non-hydrogen) atoms. The lowest BCUT2D eigenvalue weighted by Gasteiger charge is -2.25. The average molecular weight is 316 g/mol. The number of nitrogens with zero attached hydrogens (tertiary/aromatic N) is 5. The smallest absolute Gasteiger partial charge is 0.226 e. The number of hydrogen-bond acceptors (Lipinski definition) is 8. The molecule has 0 bridgehead atoms. The van der Waals surface area contributed by atoms with Crippen LogP contribution >= 0.6 is 0 Å². The summed E-state index contributed by atoms with van der Waals surface area (Å²) in [5, 5.41) is 3.26. The van der Waals surface area contributed by atoms with E-state index in [0.29, 0.717) is 18.4 Å². The first-order valence-corrected chi connectivity index (χ1v) is 7.46. The number of ether oxygens (including phenoxy) is 2. The molecule has 2 atom stereocenters. The standard InChI is InChI=1S/C15H20N6O2/c1-22-12-7-11(21(9-12)13-3-5-16-10-19-13)8-18-15-17-6-4-14(20-15)23-2/h3-6,10-12H,7-9H2,1-2H3,(H,17,18,20)/t11-,12-/m1/s1. The highest BCUT2D eigenvalue weighted by Crippen LogP contribution is 2.25. The van der Waals surface area contributed by atoms with Gasteiger partial charge < -0.3 is 19.7 Å². The maximum Gasteiger partial charge on any atom is 0.226 e. The van der Waals surface area contributed by atoms with E-state index in [0.717, 1.165) is 18.8 Å². The molecule has 8 heteroatoms. The number of anilines is 2. The molecular weight excluding hydrogens is 296 g/mol. The summed E-state index contributed by atoms with van der Waals surface area (Å²) in [4.78, 5) is 19.0. The number of rotatable bonds is 6. The minimum atomic E-state index is 0.183. The van der Waals surface area contributed by atoms with E-state index in [1.54, 1.807) is 39.0 Å². The number of methoxy groups -OCH3 is 2. The second-order valence-corrected chi connectivity index (χ2v) is 5.27. The Morgan fingerprint density at radius 2 is 2.17 bits per heavy atom. The number of nitrogens with one attached hydrogen (secondary N) is 1. The molecule has 0 saturated carbocycles. The third kappa shape index (κ3) is 3.65. The van der Waals surface area contributed by atoms with Gasteiger partial charge in [-0.2, -0.15) is 4.98 Å². The Kier molecular flexibility index (Phi) is 4.82. The van der Waals surface area contributed by atoms with Crippen molar-refractivity contribution in [2.45, 2.75) is 18.6 Å². The fraction of sp³-hybridized carbons (Fsp3) is 0.467. The van der Waals surface area contributed by atoms with Gasteiger partial charge >= 0.3 is 0 Å². The van der Waals surface area contributed by atoms with Crippen molar-refractivity contribution in [2.75, 3.05) is 37.5 Å². The highest BCUT2D eigenvalue weighted by Gasteiger charge is 2.32. The molecule has 1 aliphatic heterocycles. The van der Waals surface area contributed by atoms with Crippen molar-refractivity contribution in [3.8, 4) is 5.88 Å². The molecule has 8 nitrogen and oxygen atoms in total. The second-order valence-electron chi connectivity index (χ2n) is 5.27. The van der Waals surface area contributed by atoms with Gasteiger partial charge in [-0.05, 0) is 12.5 Å². The Balaban J connectivity index is 1.69. The third-order valence-electron chi connectivity index (χ3n) is 3.90. The maximum atomic E-state index is 5.52. The van der Waals surface area contributed by atoms with Gasteiger partial charge in [0.15, 0.2) is 0 Å².